The molecule has 0 aliphatic heterocycles. The minimum atomic E-state index is -0.0267. The van der Waals surface area contributed by atoms with Crippen LogP contribution in [0, 0.1) is 6.92 Å². The predicted octanol–water partition coefficient (Wildman–Crippen LogP) is 2.96. The maximum atomic E-state index is 6.31. The lowest BCUT2D eigenvalue weighted by Gasteiger charge is -2.20. The van der Waals surface area contributed by atoms with Gasteiger partial charge < -0.3 is 5.32 Å². The monoisotopic (exact) mass is 278 g/mol. The fraction of sp³-hybridized carbons (Fsp3) is 0.429. The minimum Gasteiger partial charge on any atom is -0.304 e. The lowest BCUT2D eigenvalue weighted by atomic mass is 10.0. The highest BCUT2D eigenvalue weighted by molar-refractivity contribution is 6.31. The molecule has 0 radical (unpaired) electrons. The summed E-state index contributed by atoms with van der Waals surface area (Å²) in [4.78, 5) is 4.51. The van der Waals surface area contributed by atoms with Gasteiger partial charge in [-0.25, -0.2) is 0 Å². The van der Waals surface area contributed by atoms with Crippen molar-refractivity contribution in [1.82, 2.24) is 20.1 Å². The van der Waals surface area contributed by atoms with Crippen LogP contribution in [0.1, 0.15) is 36.8 Å². The fourth-order valence-corrected chi connectivity index (χ4v) is 2.49. The second-order valence-corrected chi connectivity index (χ2v) is 4.80. The third-order valence-electron chi connectivity index (χ3n) is 3.14. The number of aryl methyl sites for hydroxylation is 2. The Bertz CT molecular complexity index is 550. The normalized spacial score (nSPS) is 12.6. The van der Waals surface area contributed by atoms with Gasteiger partial charge in [-0.05, 0) is 32.0 Å². The molecule has 2 aromatic heterocycles. The zero-order valence-corrected chi connectivity index (χ0v) is 12.3. The van der Waals surface area contributed by atoms with Gasteiger partial charge in [-0.2, -0.15) is 5.10 Å². The third-order valence-corrected chi connectivity index (χ3v) is 3.43. The maximum Gasteiger partial charge on any atom is 0.0939 e. The van der Waals surface area contributed by atoms with Crippen LogP contribution in [0.15, 0.2) is 24.5 Å². The molecular weight excluding hydrogens is 260 g/mol. The van der Waals surface area contributed by atoms with E-state index >= 15 is 0 Å². The number of rotatable bonds is 5. The van der Waals surface area contributed by atoms with Crippen molar-refractivity contribution in [3.05, 3.63) is 46.5 Å². The van der Waals surface area contributed by atoms with Gasteiger partial charge in [0.1, 0.15) is 0 Å². The van der Waals surface area contributed by atoms with Gasteiger partial charge in [0.25, 0.3) is 0 Å². The van der Waals surface area contributed by atoms with Crippen LogP contribution in [0.2, 0.25) is 5.02 Å². The van der Waals surface area contributed by atoms with Gasteiger partial charge in [-0.3, -0.25) is 9.67 Å². The molecule has 0 aromatic carbocycles. The molecule has 0 spiro atoms. The molecule has 19 heavy (non-hydrogen) atoms. The zero-order valence-electron chi connectivity index (χ0n) is 11.5. The Morgan fingerprint density at radius 3 is 2.84 bits per heavy atom. The van der Waals surface area contributed by atoms with E-state index in [9.17, 15) is 0 Å². The molecule has 0 fully saturated rings. The Balaban J connectivity index is 2.51. The molecule has 0 saturated heterocycles. The predicted molar refractivity (Wildman–Crippen MR) is 77.4 cm³/mol. The molecule has 0 saturated carbocycles. The van der Waals surface area contributed by atoms with Crippen LogP contribution >= 0.6 is 11.6 Å². The van der Waals surface area contributed by atoms with Crippen molar-refractivity contribution >= 4 is 11.6 Å². The van der Waals surface area contributed by atoms with Crippen LogP contribution < -0.4 is 5.32 Å². The van der Waals surface area contributed by atoms with E-state index in [-0.39, 0.29) is 6.04 Å². The minimum absolute atomic E-state index is 0.0267. The largest absolute Gasteiger partial charge is 0.304 e. The lowest BCUT2D eigenvalue weighted by molar-refractivity contribution is 0.533. The van der Waals surface area contributed by atoms with E-state index in [0.717, 1.165) is 30.0 Å². The standard InChI is InChI=1S/C14H19ClN4/c1-4-16-13(12-10(3)7-6-8-17-12)14-11(15)9-18-19(14)5-2/h6-9,13,16H,4-5H2,1-3H3. The number of pyridine rings is 1. The first-order chi connectivity index (χ1) is 9.19. The average molecular weight is 279 g/mol. The van der Waals surface area contributed by atoms with Gasteiger partial charge in [0.05, 0.1) is 28.6 Å². The highest BCUT2D eigenvalue weighted by atomic mass is 35.5. The summed E-state index contributed by atoms with van der Waals surface area (Å²) in [5.41, 5.74) is 3.13. The molecule has 0 aliphatic rings. The van der Waals surface area contributed by atoms with E-state index in [1.54, 1.807) is 6.20 Å². The van der Waals surface area contributed by atoms with Crippen LogP contribution in [0.25, 0.3) is 0 Å². The molecule has 4 nitrogen and oxygen atoms in total. The highest BCUT2D eigenvalue weighted by Gasteiger charge is 2.23. The molecule has 2 aromatic rings. The summed E-state index contributed by atoms with van der Waals surface area (Å²) < 4.78 is 1.92. The summed E-state index contributed by atoms with van der Waals surface area (Å²) in [5.74, 6) is 0. The van der Waals surface area contributed by atoms with Gasteiger partial charge in [-0.15, -0.1) is 0 Å². The van der Waals surface area contributed by atoms with Crippen molar-refractivity contribution in [2.24, 2.45) is 0 Å². The Kier molecular flexibility index (Phi) is 4.56. The van der Waals surface area contributed by atoms with Gasteiger partial charge in [0.15, 0.2) is 0 Å². The van der Waals surface area contributed by atoms with E-state index < -0.39 is 0 Å². The number of hydrogen-bond acceptors (Lipinski definition) is 3. The first-order valence-corrected chi connectivity index (χ1v) is 6.92. The molecule has 0 bridgehead atoms. The van der Waals surface area contributed by atoms with E-state index in [1.807, 2.05) is 16.9 Å². The van der Waals surface area contributed by atoms with Crippen LogP contribution in [0.4, 0.5) is 0 Å². The van der Waals surface area contributed by atoms with Crippen molar-refractivity contribution in [1.29, 1.82) is 0 Å². The number of nitrogens with zero attached hydrogens (tertiary/aromatic N) is 3. The van der Waals surface area contributed by atoms with E-state index in [1.165, 1.54) is 0 Å². The quantitative estimate of drug-likeness (QED) is 0.914. The van der Waals surface area contributed by atoms with E-state index in [0.29, 0.717) is 5.02 Å². The Labute approximate surface area is 118 Å². The van der Waals surface area contributed by atoms with Gasteiger partial charge in [0.2, 0.25) is 0 Å². The van der Waals surface area contributed by atoms with Gasteiger partial charge in [-0.1, -0.05) is 24.6 Å². The molecular formula is C14H19ClN4. The van der Waals surface area contributed by atoms with Crippen molar-refractivity contribution in [3.8, 4) is 0 Å². The van der Waals surface area contributed by atoms with Gasteiger partial charge in [0, 0.05) is 12.7 Å². The van der Waals surface area contributed by atoms with Crippen LogP contribution in [0.5, 0.6) is 0 Å². The van der Waals surface area contributed by atoms with Crippen molar-refractivity contribution < 1.29 is 0 Å². The second kappa shape index (κ2) is 6.17. The number of hydrogen-bond donors (Lipinski definition) is 1. The van der Waals surface area contributed by atoms with Crippen LogP contribution in [-0.2, 0) is 6.54 Å². The van der Waals surface area contributed by atoms with Crippen molar-refractivity contribution in [3.63, 3.8) is 0 Å². The SMILES string of the molecule is CCNC(c1ncccc1C)c1c(Cl)cnn1CC. The summed E-state index contributed by atoms with van der Waals surface area (Å²) in [5, 5.41) is 8.44. The lowest BCUT2D eigenvalue weighted by Crippen LogP contribution is -2.26. The van der Waals surface area contributed by atoms with Crippen molar-refractivity contribution in [2.45, 2.75) is 33.4 Å². The zero-order chi connectivity index (χ0) is 13.8. The summed E-state index contributed by atoms with van der Waals surface area (Å²) in [7, 11) is 0. The third kappa shape index (κ3) is 2.80. The fourth-order valence-electron chi connectivity index (χ4n) is 2.24. The second-order valence-electron chi connectivity index (χ2n) is 4.39. The van der Waals surface area contributed by atoms with Crippen molar-refractivity contribution in [2.75, 3.05) is 6.54 Å². The molecule has 1 atom stereocenters. The molecule has 5 heteroatoms. The molecule has 0 amide bonds. The average Bonchev–Trinajstić information content (AvgIpc) is 2.78. The Morgan fingerprint density at radius 1 is 1.42 bits per heavy atom. The van der Waals surface area contributed by atoms with E-state index in [4.69, 9.17) is 11.6 Å². The summed E-state index contributed by atoms with van der Waals surface area (Å²) in [6, 6.07) is 3.98. The first-order valence-electron chi connectivity index (χ1n) is 6.55. The van der Waals surface area contributed by atoms with E-state index in [2.05, 4.69) is 42.2 Å². The Hall–Kier alpha value is -1.39. The molecule has 1 unspecified atom stereocenters. The topological polar surface area (TPSA) is 42.7 Å². The number of aromatic nitrogens is 3. The summed E-state index contributed by atoms with van der Waals surface area (Å²) in [6.07, 6.45) is 3.51. The van der Waals surface area contributed by atoms with Gasteiger partial charge >= 0.3 is 0 Å². The number of halogens is 1. The smallest absolute Gasteiger partial charge is 0.0939 e. The molecule has 2 rings (SSSR count). The maximum absolute atomic E-state index is 6.31. The molecule has 2 heterocycles. The molecule has 0 aliphatic carbocycles. The van der Waals surface area contributed by atoms with Crippen LogP contribution in [0.3, 0.4) is 0 Å². The van der Waals surface area contributed by atoms with Crippen LogP contribution in [-0.4, -0.2) is 21.3 Å². The Morgan fingerprint density at radius 2 is 2.21 bits per heavy atom. The molecule has 1 N–H and O–H groups in total. The first kappa shape index (κ1) is 14.0. The molecule has 102 valence electrons. The summed E-state index contributed by atoms with van der Waals surface area (Å²) in [6.45, 7) is 7.82. The summed E-state index contributed by atoms with van der Waals surface area (Å²) >= 11 is 6.31. The highest BCUT2D eigenvalue weighted by Crippen LogP contribution is 2.28. The number of nitrogens with one attached hydrogen (secondary N) is 1.